The van der Waals surface area contributed by atoms with E-state index < -0.39 is 4.92 Å². The molecule has 0 bridgehead atoms. The van der Waals surface area contributed by atoms with Gasteiger partial charge < -0.3 is 10.3 Å². The fourth-order valence-corrected chi connectivity index (χ4v) is 3.08. The second-order valence-corrected chi connectivity index (χ2v) is 6.36. The van der Waals surface area contributed by atoms with Gasteiger partial charge in [0.15, 0.2) is 0 Å². The topological polar surface area (TPSA) is 101 Å². The Kier molecular flexibility index (Phi) is 4.33. The van der Waals surface area contributed by atoms with Crippen LogP contribution in [0.25, 0.3) is 22.4 Å². The summed E-state index contributed by atoms with van der Waals surface area (Å²) in [5.41, 5.74) is 3.87. The zero-order valence-electron chi connectivity index (χ0n) is 15.0. The van der Waals surface area contributed by atoms with Crippen molar-refractivity contribution in [2.45, 2.75) is 6.92 Å². The molecular formula is C21H16N4O3. The molecule has 0 aliphatic heterocycles. The van der Waals surface area contributed by atoms with Crippen molar-refractivity contribution in [2.24, 2.45) is 0 Å². The number of amides is 1. The lowest BCUT2D eigenvalue weighted by Gasteiger charge is -2.10. The minimum absolute atomic E-state index is 0.0146. The third-order valence-corrected chi connectivity index (χ3v) is 4.48. The number of benzene rings is 3. The molecule has 0 saturated carbocycles. The summed E-state index contributed by atoms with van der Waals surface area (Å²) in [6.07, 6.45) is 0. The Morgan fingerprint density at radius 3 is 2.57 bits per heavy atom. The van der Waals surface area contributed by atoms with E-state index >= 15 is 0 Å². The van der Waals surface area contributed by atoms with Gasteiger partial charge in [0.25, 0.3) is 11.6 Å². The lowest BCUT2D eigenvalue weighted by atomic mass is 10.1. The van der Waals surface area contributed by atoms with Gasteiger partial charge in [0.1, 0.15) is 5.82 Å². The van der Waals surface area contributed by atoms with Crippen LogP contribution >= 0.6 is 0 Å². The molecule has 7 heteroatoms. The second-order valence-electron chi connectivity index (χ2n) is 6.36. The Morgan fingerprint density at radius 1 is 1.07 bits per heavy atom. The van der Waals surface area contributed by atoms with E-state index in [0.29, 0.717) is 22.6 Å². The van der Waals surface area contributed by atoms with E-state index in [9.17, 15) is 14.9 Å². The molecular weight excluding hydrogens is 356 g/mol. The molecule has 7 nitrogen and oxygen atoms in total. The summed E-state index contributed by atoms with van der Waals surface area (Å²) in [5, 5.41) is 13.8. The number of nitro benzene ring substituents is 1. The van der Waals surface area contributed by atoms with Gasteiger partial charge in [-0.3, -0.25) is 14.9 Å². The highest BCUT2D eigenvalue weighted by Crippen LogP contribution is 2.28. The van der Waals surface area contributed by atoms with Gasteiger partial charge in [-0.15, -0.1) is 0 Å². The van der Waals surface area contributed by atoms with Gasteiger partial charge in [-0.2, -0.15) is 0 Å². The molecule has 0 unspecified atom stereocenters. The molecule has 0 aliphatic carbocycles. The maximum absolute atomic E-state index is 12.7. The fraction of sp³-hybridized carbons (Fsp3) is 0.0476. The Balaban J connectivity index is 1.66. The molecule has 1 heterocycles. The van der Waals surface area contributed by atoms with Crippen molar-refractivity contribution < 1.29 is 9.72 Å². The van der Waals surface area contributed by atoms with Crippen LogP contribution in [0, 0.1) is 17.0 Å². The number of hydrogen-bond acceptors (Lipinski definition) is 4. The number of hydrogen-bond donors (Lipinski definition) is 2. The number of aromatic amines is 1. The molecule has 4 rings (SSSR count). The minimum atomic E-state index is -0.464. The highest BCUT2D eigenvalue weighted by Gasteiger charge is 2.16. The lowest BCUT2D eigenvalue weighted by molar-refractivity contribution is -0.385. The monoisotopic (exact) mass is 372 g/mol. The molecule has 0 atom stereocenters. The molecule has 0 aliphatic rings. The number of nitrogens with zero attached hydrogens (tertiary/aromatic N) is 2. The largest absolute Gasteiger partial charge is 0.338 e. The Bertz CT molecular complexity index is 1180. The number of carbonyl (C=O) groups excluding carboxylic acids is 1. The zero-order chi connectivity index (χ0) is 19.7. The number of anilines is 1. The van der Waals surface area contributed by atoms with Gasteiger partial charge >= 0.3 is 0 Å². The highest BCUT2D eigenvalue weighted by molar-refractivity contribution is 6.06. The molecule has 138 valence electrons. The SMILES string of the molecule is Cc1cc(C(=O)Nc2ccccc2-c2nc3ccccc3[nH]2)ccc1[N+](=O)[O-]. The van der Waals surface area contributed by atoms with Crippen molar-refractivity contribution in [3.8, 4) is 11.4 Å². The number of para-hydroxylation sites is 3. The van der Waals surface area contributed by atoms with E-state index in [2.05, 4.69) is 15.3 Å². The molecule has 2 N–H and O–H groups in total. The molecule has 1 amide bonds. The van der Waals surface area contributed by atoms with Crippen molar-refractivity contribution in [3.63, 3.8) is 0 Å². The van der Waals surface area contributed by atoms with Crippen LogP contribution < -0.4 is 5.32 Å². The van der Waals surface area contributed by atoms with Crippen LogP contribution in [-0.4, -0.2) is 20.8 Å². The van der Waals surface area contributed by atoms with E-state index in [1.807, 2.05) is 42.5 Å². The summed E-state index contributed by atoms with van der Waals surface area (Å²) in [6.45, 7) is 1.61. The number of nitro groups is 1. The van der Waals surface area contributed by atoms with Crippen molar-refractivity contribution >= 4 is 28.3 Å². The van der Waals surface area contributed by atoms with E-state index in [1.54, 1.807) is 13.0 Å². The zero-order valence-corrected chi connectivity index (χ0v) is 15.0. The molecule has 1 aromatic heterocycles. The summed E-state index contributed by atoms with van der Waals surface area (Å²) in [5.74, 6) is 0.304. The summed E-state index contributed by atoms with van der Waals surface area (Å²) >= 11 is 0. The summed E-state index contributed by atoms with van der Waals surface area (Å²) in [4.78, 5) is 31.0. The molecule has 0 spiro atoms. The first-order valence-electron chi connectivity index (χ1n) is 8.63. The number of aryl methyl sites for hydroxylation is 1. The van der Waals surface area contributed by atoms with Crippen molar-refractivity contribution in [1.82, 2.24) is 9.97 Å². The first kappa shape index (κ1) is 17.4. The smallest absolute Gasteiger partial charge is 0.272 e. The lowest BCUT2D eigenvalue weighted by Crippen LogP contribution is -2.13. The van der Waals surface area contributed by atoms with Gasteiger partial charge in [0.05, 0.1) is 21.6 Å². The Morgan fingerprint density at radius 2 is 1.82 bits per heavy atom. The number of carbonyl (C=O) groups is 1. The summed E-state index contributed by atoms with van der Waals surface area (Å²) in [6, 6.07) is 19.3. The maximum atomic E-state index is 12.7. The van der Waals surface area contributed by atoms with Crippen LogP contribution in [0.3, 0.4) is 0 Å². The number of rotatable bonds is 4. The molecule has 3 aromatic carbocycles. The van der Waals surface area contributed by atoms with Crippen LogP contribution in [0.1, 0.15) is 15.9 Å². The predicted octanol–water partition coefficient (Wildman–Crippen LogP) is 4.70. The van der Waals surface area contributed by atoms with E-state index in [4.69, 9.17) is 0 Å². The quantitative estimate of drug-likeness (QED) is 0.400. The number of fused-ring (bicyclic) bond motifs is 1. The second kappa shape index (κ2) is 6.96. The molecule has 4 aromatic rings. The molecule has 0 radical (unpaired) electrons. The van der Waals surface area contributed by atoms with E-state index in [-0.39, 0.29) is 11.6 Å². The number of H-pyrrole nitrogens is 1. The van der Waals surface area contributed by atoms with Gasteiger partial charge in [-0.25, -0.2) is 4.98 Å². The van der Waals surface area contributed by atoms with Gasteiger partial charge in [-0.1, -0.05) is 24.3 Å². The minimum Gasteiger partial charge on any atom is -0.338 e. The Hall–Kier alpha value is -4.00. The third kappa shape index (κ3) is 3.21. The predicted molar refractivity (Wildman–Crippen MR) is 107 cm³/mol. The van der Waals surface area contributed by atoms with Gasteiger partial charge in [-0.05, 0) is 43.3 Å². The summed E-state index contributed by atoms with van der Waals surface area (Å²) in [7, 11) is 0. The molecule has 28 heavy (non-hydrogen) atoms. The Labute approximate surface area is 160 Å². The average molecular weight is 372 g/mol. The molecule has 0 fully saturated rings. The highest BCUT2D eigenvalue weighted by atomic mass is 16.6. The number of nitrogens with one attached hydrogen (secondary N) is 2. The first-order valence-corrected chi connectivity index (χ1v) is 8.63. The van der Waals surface area contributed by atoms with E-state index in [0.717, 1.165) is 16.6 Å². The van der Waals surface area contributed by atoms with Gasteiger partial charge in [0, 0.05) is 22.8 Å². The first-order chi connectivity index (χ1) is 13.5. The van der Waals surface area contributed by atoms with Crippen LogP contribution in [0.4, 0.5) is 11.4 Å². The van der Waals surface area contributed by atoms with E-state index in [1.165, 1.54) is 18.2 Å². The standard InChI is InChI=1S/C21H16N4O3/c1-13-12-14(10-11-19(13)25(27)28)21(26)24-16-7-3-2-6-15(16)20-22-17-8-4-5-9-18(17)23-20/h2-12H,1H3,(H,22,23)(H,24,26). The van der Waals surface area contributed by atoms with Gasteiger partial charge in [0.2, 0.25) is 0 Å². The maximum Gasteiger partial charge on any atom is 0.272 e. The van der Waals surface area contributed by atoms with Crippen LogP contribution in [0.2, 0.25) is 0 Å². The number of aromatic nitrogens is 2. The van der Waals surface area contributed by atoms with Crippen LogP contribution in [-0.2, 0) is 0 Å². The average Bonchev–Trinajstić information content (AvgIpc) is 3.12. The third-order valence-electron chi connectivity index (χ3n) is 4.48. The van der Waals surface area contributed by atoms with Crippen molar-refractivity contribution in [1.29, 1.82) is 0 Å². The van der Waals surface area contributed by atoms with Crippen LogP contribution in [0.15, 0.2) is 66.7 Å². The summed E-state index contributed by atoms with van der Waals surface area (Å²) < 4.78 is 0. The molecule has 0 saturated heterocycles. The van der Waals surface area contributed by atoms with Crippen molar-refractivity contribution in [2.75, 3.05) is 5.32 Å². The van der Waals surface area contributed by atoms with Crippen LogP contribution in [0.5, 0.6) is 0 Å². The van der Waals surface area contributed by atoms with Crippen molar-refractivity contribution in [3.05, 3.63) is 88.0 Å². The normalized spacial score (nSPS) is 10.8. The number of imidazole rings is 1. The fourth-order valence-electron chi connectivity index (χ4n) is 3.08.